The molecular formula is C16H22BrN3. The van der Waals surface area contributed by atoms with Crippen LogP contribution in [0.1, 0.15) is 39.4 Å². The van der Waals surface area contributed by atoms with Crippen LogP contribution >= 0.6 is 15.9 Å². The molecule has 1 aromatic carbocycles. The molecule has 0 atom stereocenters. The highest BCUT2D eigenvalue weighted by molar-refractivity contribution is 9.10. The molecule has 0 spiro atoms. The van der Waals surface area contributed by atoms with Gasteiger partial charge in [0, 0.05) is 22.5 Å². The molecule has 0 fully saturated rings. The third-order valence-electron chi connectivity index (χ3n) is 3.22. The van der Waals surface area contributed by atoms with E-state index in [9.17, 15) is 0 Å². The number of nitrogens with two attached hydrogens (primary N) is 1. The van der Waals surface area contributed by atoms with Crippen LogP contribution in [-0.2, 0) is 6.54 Å². The summed E-state index contributed by atoms with van der Waals surface area (Å²) in [6.45, 7) is 9.61. The molecule has 0 unspecified atom stereocenters. The van der Waals surface area contributed by atoms with Gasteiger partial charge in [0.1, 0.15) is 17.3 Å². The zero-order valence-electron chi connectivity index (χ0n) is 12.5. The second kappa shape index (κ2) is 6.00. The predicted octanol–water partition coefficient (Wildman–Crippen LogP) is 4.67. The first-order chi connectivity index (χ1) is 9.40. The Morgan fingerprint density at radius 2 is 1.75 bits per heavy atom. The van der Waals surface area contributed by atoms with E-state index >= 15 is 0 Å². The molecule has 0 saturated heterocycles. The molecule has 3 nitrogen and oxygen atoms in total. The lowest BCUT2D eigenvalue weighted by Crippen LogP contribution is -2.12. The Labute approximate surface area is 129 Å². The van der Waals surface area contributed by atoms with Gasteiger partial charge in [-0.05, 0) is 18.1 Å². The van der Waals surface area contributed by atoms with E-state index in [1.165, 1.54) is 0 Å². The molecule has 0 radical (unpaired) electrons. The number of hydrogen-bond acceptors (Lipinski definition) is 2. The zero-order valence-corrected chi connectivity index (χ0v) is 14.1. The molecule has 2 aromatic rings. The number of nitrogen functional groups attached to an aromatic ring is 1. The Morgan fingerprint density at radius 3 is 2.25 bits per heavy atom. The van der Waals surface area contributed by atoms with Crippen molar-refractivity contribution in [3.63, 3.8) is 0 Å². The molecule has 2 N–H and O–H groups in total. The van der Waals surface area contributed by atoms with Crippen LogP contribution in [0, 0.1) is 5.92 Å². The number of halogens is 1. The molecule has 108 valence electrons. The predicted molar refractivity (Wildman–Crippen MR) is 88.7 cm³/mol. The lowest BCUT2D eigenvalue weighted by atomic mass is 10.1. The first-order valence-electron chi connectivity index (χ1n) is 7.02. The summed E-state index contributed by atoms with van der Waals surface area (Å²) in [5.41, 5.74) is 8.30. The minimum atomic E-state index is 0.361. The van der Waals surface area contributed by atoms with E-state index in [0.29, 0.717) is 11.8 Å². The summed E-state index contributed by atoms with van der Waals surface area (Å²) in [6, 6.07) is 8.13. The second-order valence-electron chi connectivity index (χ2n) is 5.87. The highest BCUT2D eigenvalue weighted by Crippen LogP contribution is 2.30. The van der Waals surface area contributed by atoms with Crippen LogP contribution in [0.4, 0.5) is 5.82 Å². The van der Waals surface area contributed by atoms with Crippen molar-refractivity contribution in [3.05, 3.63) is 34.6 Å². The number of nitrogens with zero attached hydrogens (tertiary/aromatic N) is 2. The maximum absolute atomic E-state index is 6.35. The Bertz CT molecular complexity index is 583. The number of aromatic nitrogens is 2. The van der Waals surface area contributed by atoms with Crippen molar-refractivity contribution in [1.82, 2.24) is 9.55 Å². The SMILES string of the molecule is CC(C)Cn1c(C(C)C)nc(-c2ccc(Br)cc2)c1N. The Hall–Kier alpha value is -1.29. The normalized spacial score (nSPS) is 11.6. The molecule has 0 amide bonds. The monoisotopic (exact) mass is 335 g/mol. The van der Waals surface area contributed by atoms with E-state index in [-0.39, 0.29) is 0 Å². The van der Waals surface area contributed by atoms with E-state index in [1.807, 2.05) is 24.3 Å². The third kappa shape index (κ3) is 3.06. The van der Waals surface area contributed by atoms with Gasteiger partial charge in [0.2, 0.25) is 0 Å². The molecule has 1 heterocycles. The van der Waals surface area contributed by atoms with Gasteiger partial charge in [0.05, 0.1) is 0 Å². The van der Waals surface area contributed by atoms with Crippen molar-refractivity contribution < 1.29 is 0 Å². The van der Waals surface area contributed by atoms with Crippen molar-refractivity contribution in [2.75, 3.05) is 5.73 Å². The summed E-state index contributed by atoms with van der Waals surface area (Å²) in [7, 11) is 0. The number of anilines is 1. The van der Waals surface area contributed by atoms with Crippen LogP contribution in [-0.4, -0.2) is 9.55 Å². The standard InChI is InChI=1S/C16H22BrN3/c1-10(2)9-20-15(18)14(19-16(20)11(3)4)12-5-7-13(17)8-6-12/h5-8,10-11H,9,18H2,1-4H3. The van der Waals surface area contributed by atoms with Gasteiger partial charge in [0.25, 0.3) is 0 Å². The van der Waals surface area contributed by atoms with Crippen molar-refractivity contribution in [1.29, 1.82) is 0 Å². The van der Waals surface area contributed by atoms with Gasteiger partial charge in [0.15, 0.2) is 0 Å². The maximum atomic E-state index is 6.35. The van der Waals surface area contributed by atoms with Gasteiger partial charge in [-0.2, -0.15) is 0 Å². The van der Waals surface area contributed by atoms with Crippen LogP contribution in [0.3, 0.4) is 0 Å². The van der Waals surface area contributed by atoms with Gasteiger partial charge in [-0.15, -0.1) is 0 Å². The van der Waals surface area contributed by atoms with Gasteiger partial charge >= 0.3 is 0 Å². The summed E-state index contributed by atoms with van der Waals surface area (Å²) in [5.74, 6) is 2.74. The van der Waals surface area contributed by atoms with Crippen LogP contribution in [0.2, 0.25) is 0 Å². The fourth-order valence-corrected chi connectivity index (χ4v) is 2.57. The number of imidazole rings is 1. The average molecular weight is 336 g/mol. The molecular weight excluding hydrogens is 314 g/mol. The summed E-state index contributed by atoms with van der Waals surface area (Å²) < 4.78 is 3.22. The average Bonchev–Trinajstić information content (AvgIpc) is 2.68. The van der Waals surface area contributed by atoms with Crippen molar-refractivity contribution in [2.45, 2.75) is 40.2 Å². The van der Waals surface area contributed by atoms with E-state index in [0.717, 1.165) is 33.9 Å². The summed E-state index contributed by atoms with van der Waals surface area (Å²) in [4.78, 5) is 4.78. The topological polar surface area (TPSA) is 43.8 Å². The Morgan fingerprint density at radius 1 is 1.15 bits per heavy atom. The first kappa shape index (κ1) is 15.1. The van der Waals surface area contributed by atoms with Gasteiger partial charge in [-0.25, -0.2) is 4.98 Å². The van der Waals surface area contributed by atoms with Crippen molar-refractivity contribution >= 4 is 21.7 Å². The molecule has 4 heteroatoms. The largest absolute Gasteiger partial charge is 0.383 e. The Balaban J connectivity index is 2.52. The summed E-state index contributed by atoms with van der Waals surface area (Å²) in [5, 5.41) is 0. The quantitative estimate of drug-likeness (QED) is 0.881. The zero-order chi connectivity index (χ0) is 14.9. The number of rotatable bonds is 4. The lowest BCUT2D eigenvalue weighted by molar-refractivity contribution is 0.502. The van der Waals surface area contributed by atoms with Crippen molar-refractivity contribution in [2.24, 2.45) is 5.92 Å². The molecule has 0 aliphatic heterocycles. The van der Waals surface area contributed by atoms with Crippen LogP contribution in [0.15, 0.2) is 28.7 Å². The van der Waals surface area contributed by atoms with Crippen molar-refractivity contribution in [3.8, 4) is 11.3 Å². The van der Waals surface area contributed by atoms with Crippen LogP contribution in [0.5, 0.6) is 0 Å². The van der Waals surface area contributed by atoms with Gasteiger partial charge in [-0.1, -0.05) is 55.8 Å². The van der Waals surface area contributed by atoms with Crippen LogP contribution in [0.25, 0.3) is 11.3 Å². The van der Waals surface area contributed by atoms with E-state index in [1.54, 1.807) is 0 Å². The highest BCUT2D eigenvalue weighted by atomic mass is 79.9. The smallest absolute Gasteiger partial charge is 0.131 e. The van der Waals surface area contributed by atoms with Gasteiger partial charge in [-0.3, -0.25) is 0 Å². The van der Waals surface area contributed by atoms with E-state index in [2.05, 4.69) is 48.2 Å². The molecule has 0 aliphatic rings. The van der Waals surface area contributed by atoms with E-state index in [4.69, 9.17) is 10.7 Å². The maximum Gasteiger partial charge on any atom is 0.131 e. The molecule has 0 bridgehead atoms. The first-order valence-corrected chi connectivity index (χ1v) is 7.81. The fourth-order valence-electron chi connectivity index (χ4n) is 2.30. The highest BCUT2D eigenvalue weighted by Gasteiger charge is 2.18. The molecule has 2 rings (SSSR count). The molecule has 20 heavy (non-hydrogen) atoms. The molecule has 0 saturated carbocycles. The minimum Gasteiger partial charge on any atom is -0.383 e. The fraction of sp³-hybridized carbons (Fsp3) is 0.438. The summed E-state index contributed by atoms with van der Waals surface area (Å²) >= 11 is 3.46. The summed E-state index contributed by atoms with van der Waals surface area (Å²) in [6.07, 6.45) is 0. The minimum absolute atomic E-state index is 0.361. The lowest BCUT2D eigenvalue weighted by Gasteiger charge is -2.14. The number of benzene rings is 1. The number of hydrogen-bond donors (Lipinski definition) is 1. The third-order valence-corrected chi connectivity index (χ3v) is 3.75. The van der Waals surface area contributed by atoms with Gasteiger partial charge < -0.3 is 10.3 Å². The second-order valence-corrected chi connectivity index (χ2v) is 6.79. The van der Waals surface area contributed by atoms with E-state index < -0.39 is 0 Å². The van der Waals surface area contributed by atoms with Crippen LogP contribution < -0.4 is 5.73 Å². The Kier molecular flexibility index (Phi) is 4.53. The molecule has 0 aliphatic carbocycles. The molecule has 1 aromatic heterocycles.